The lowest BCUT2D eigenvalue weighted by molar-refractivity contribution is -0.0170. The van der Waals surface area contributed by atoms with E-state index in [4.69, 9.17) is 0 Å². The molecule has 1 aromatic rings. The van der Waals surface area contributed by atoms with Crippen molar-refractivity contribution in [1.29, 1.82) is 0 Å². The second-order valence-corrected chi connectivity index (χ2v) is 5.46. The lowest BCUT2D eigenvalue weighted by Gasteiger charge is -2.34. The Bertz CT molecular complexity index is 345. The summed E-state index contributed by atoms with van der Waals surface area (Å²) in [5.74, 6) is 0.235. The number of rotatable bonds is 3. The Morgan fingerprint density at radius 3 is 2.47 bits per heavy atom. The van der Waals surface area contributed by atoms with Crippen molar-refractivity contribution >= 4 is 0 Å². The first-order valence-corrected chi connectivity index (χ1v) is 6.55. The summed E-state index contributed by atoms with van der Waals surface area (Å²) >= 11 is 0. The van der Waals surface area contributed by atoms with Crippen molar-refractivity contribution in [3.8, 4) is 0 Å². The van der Waals surface area contributed by atoms with Gasteiger partial charge in [0.05, 0.1) is 11.7 Å². The first kappa shape index (κ1) is 12.6. The maximum Gasteiger partial charge on any atom is 0.0872 e. The van der Waals surface area contributed by atoms with Gasteiger partial charge < -0.3 is 10.2 Å². The molecule has 2 nitrogen and oxygen atoms in total. The summed E-state index contributed by atoms with van der Waals surface area (Å²) in [6.07, 6.45) is 4.62. The number of benzene rings is 1. The van der Waals surface area contributed by atoms with E-state index >= 15 is 0 Å². The molecule has 0 aromatic heterocycles. The number of hydrogen-bond donors (Lipinski definition) is 2. The molecular weight excluding hydrogens is 212 g/mol. The van der Waals surface area contributed by atoms with Gasteiger partial charge >= 0.3 is 0 Å². The molecule has 1 fully saturated rings. The van der Waals surface area contributed by atoms with Gasteiger partial charge in [-0.25, -0.2) is 0 Å². The molecule has 3 atom stereocenters. The van der Waals surface area contributed by atoms with Crippen LogP contribution in [-0.4, -0.2) is 16.3 Å². The zero-order chi connectivity index (χ0) is 12.3. The molecule has 2 rings (SSSR count). The Morgan fingerprint density at radius 1 is 1.18 bits per heavy atom. The van der Waals surface area contributed by atoms with Crippen molar-refractivity contribution in [2.45, 2.75) is 50.7 Å². The molecule has 3 unspecified atom stereocenters. The molecule has 1 aliphatic carbocycles. The highest BCUT2D eigenvalue weighted by molar-refractivity contribution is 5.21. The Labute approximate surface area is 103 Å². The van der Waals surface area contributed by atoms with Crippen LogP contribution in [0.15, 0.2) is 30.3 Å². The molecule has 0 saturated heterocycles. The summed E-state index contributed by atoms with van der Waals surface area (Å²) in [6.45, 7) is 1.85. The van der Waals surface area contributed by atoms with Gasteiger partial charge in [0.1, 0.15) is 0 Å². The first-order valence-electron chi connectivity index (χ1n) is 6.55. The minimum absolute atomic E-state index is 0.235. The second kappa shape index (κ2) is 5.19. The molecule has 2 N–H and O–H groups in total. The summed E-state index contributed by atoms with van der Waals surface area (Å²) in [6, 6.07) is 9.75. The van der Waals surface area contributed by atoms with Gasteiger partial charge in [0.15, 0.2) is 0 Å². The van der Waals surface area contributed by atoms with E-state index in [0.29, 0.717) is 6.42 Å². The molecule has 94 valence electrons. The average molecular weight is 234 g/mol. The van der Waals surface area contributed by atoms with Crippen molar-refractivity contribution < 1.29 is 10.2 Å². The largest absolute Gasteiger partial charge is 0.393 e. The molecule has 0 amide bonds. The van der Waals surface area contributed by atoms with Crippen LogP contribution < -0.4 is 0 Å². The zero-order valence-electron chi connectivity index (χ0n) is 10.5. The SMILES string of the molecule is CC(O)(CC1CCCCC1O)c1ccccc1. The van der Waals surface area contributed by atoms with Crippen LogP contribution in [0.4, 0.5) is 0 Å². The fraction of sp³-hybridized carbons (Fsp3) is 0.600. The fourth-order valence-electron chi connectivity index (χ4n) is 2.85. The van der Waals surface area contributed by atoms with Crippen molar-refractivity contribution in [2.75, 3.05) is 0 Å². The lowest BCUT2D eigenvalue weighted by atomic mass is 9.77. The van der Waals surface area contributed by atoms with E-state index in [1.165, 1.54) is 6.42 Å². The van der Waals surface area contributed by atoms with E-state index in [9.17, 15) is 10.2 Å². The van der Waals surface area contributed by atoms with Crippen LogP contribution in [0.2, 0.25) is 0 Å². The second-order valence-electron chi connectivity index (χ2n) is 5.46. The number of aliphatic hydroxyl groups excluding tert-OH is 1. The molecule has 0 bridgehead atoms. The highest BCUT2D eigenvalue weighted by Crippen LogP contribution is 2.35. The van der Waals surface area contributed by atoms with E-state index in [1.807, 2.05) is 37.3 Å². The molecular formula is C15H22O2. The van der Waals surface area contributed by atoms with Gasteiger partial charge in [-0.15, -0.1) is 0 Å². The highest BCUT2D eigenvalue weighted by atomic mass is 16.3. The van der Waals surface area contributed by atoms with Crippen LogP contribution >= 0.6 is 0 Å². The Morgan fingerprint density at radius 2 is 1.82 bits per heavy atom. The standard InChI is InChI=1S/C15H22O2/c1-15(17,13-8-3-2-4-9-13)11-12-7-5-6-10-14(12)16/h2-4,8-9,12,14,16-17H,5-7,10-11H2,1H3. The average Bonchev–Trinajstić information content (AvgIpc) is 2.33. The van der Waals surface area contributed by atoms with E-state index in [-0.39, 0.29) is 12.0 Å². The van der Waals surface area contributed by atoms with E-state index in [1.54, 1.807) is 0 Å². The summed E-state index contributed by atoms with van der Waals surface area (Å²) in [5.41, 5.74) is 0.113. The molecule has 2 heteroatoms. The Kier molecular flexibility index (Phi) is 3.85. The normalized spacial score (nSPS) is 28.6. The third-order valence-electron chi connectivity index (χ3n) is 3.92. The Balaban J connectivity index is 2.06. The number of hydrogen-bond acceptors (Lipinski definition) is 2. The minimum atomic E-state index is -0.829. The first-order chi connectivity index (χ1) is 8.09. The summed E-state index contributed by atoms with van der Waals surface area (Å²) in [5, 5.41) is 20.5. The fourth-order valence-corrected chi connectivity index (χ4v) is 2.85. The monoisotopic (exact) mass is 234 g/mol. The van der Waals surface area contributed by atoms with Crippen molar-refractivity contribution in [3.05, 3.63) is 35.9 Å². The third kappa shape index (κ3) is 3.08. The van der Waals surface area contributed by atoms with Gasteiger partial charge in [-0.1, -0.05) is 43.2 Å². The van der Waals surface area contributed by atoms with E-state index in [2.05, 4.69) is 0 Å². The summed E-state index contributed by atoms with van der Waals surface area (Å²) < 4.78 is 0. The van der Waals surface area contributed by atoms with Gasteiger partial charge in [-0.05, 0) is 37.7 Å². The topological polar surface area (TPSA) is 40.5 Å². The van der Waals surface area contributed by atoms with Crippen molar-refractivity contribution in [2.24, 2.45) is 5.92 Å². The smallest absolute Gasteiger partial charge is 0.0872 e. The van der Waals surface area contributed by atoms with Crippen LogP contribution in [-0.2, 0) is 5.60 Å². The Hall–Kier alpha value is -0.860. The van der Waals surface area contributed by atoms with Crippen LogP contribution in [0.3, 0.4) is 0 Å². The van der Waals surface area contributed by atoms with Gasteiger partial charge in [0, 0.05) is 0 Å². The minimum Gasteiger partial charge on any atom is -0.393 e. The predicted octanol–water partition coefficient (Wildman–Crippen LogP) is 2.84. The molecule has 0 spiro atoms. The molecule has 1 saturated carbocycles. The summed E-state index contributed by atoms with van der Waals surface area (Å²) in [4.78, 5) is 0. The zero-order valence-corrected chi connectivity index (χ0v) is 10.5. The quantitative estimate of drug-likeness (QED) is 0.844. The third-order valence-corrected chi connectivity index (χ3v) is 3.92. The molecule has 0 radical (unpaired) electrons. The van der Waals surface area contributed by atoms with Gasteiger partial charge in [-0.3, -0.25) is 0 Å². The van der Waals surface area contributed by atoms with Crippen LogP contribution in [0, 0.1) is 5.92 Å². The van der Waals surface area contributed by atoms with Crippen molar-refractivity contribution in [3.63, 3.8) is 0 Å². The van der Waals surface area contributed by atoms with Gasteiger partial charge in [0.2, 0.25) is 0 Å². The molecule has 1 aliphatic rings. The maximum atomic E-state index is 10.5. The lowest BCUT2D eigenvalue weighted by Crippen LogP contribution is -2.32. The molecule has 0 heterocycles. The van der Waals surface area contributed by atoms with E-state index in [0.717, 1.165) is 24.8 Å². The maximum absolute atomic E-state index is 10.5. The van der Waals surface area contributed by atoms with Crippen LogP contribution in [0.5, 0.6) is 0 Å². The van der Waals surface area contributed by atoms with Gasteiger partial charge in [-0.2, -0.15) is 0 Å². The number of aliphatic hydroxyl groups is 2. The van der Waals surface area contributed by atoms with Crippen molar-refractivity contribution in [1.82, 2.24) is 0 Å². The van der Waals surface area contributed by atoms with E-state index < -0.39 is 5.60 Å². The molecule has 17 heavy (non-hydrogen) atoms. The predicted molar refractivity (Wildman–Crippen MR) is 68.6 cm³/mol. The highest BCUT2D eigenvalue weighted by Gasteiger charge is 2.32. The van der Waals surface area contributed by atoms with Crippen LogP contribution in [0.1, 0.15) is 44.6 Å². The summed E-state index contributed by atoms with van der Waals surface area (Å²) in [7, 11) is 0. The molecule has 0 aliphatic heterocycles. The van der Waals surface area contributed by atoms with Gasteiger partial charge in [0.25, 0.3) is 0 Å². The molecule has 1 aromatic carbocycles. The van der Waals surface area contributed by atoms with Crippen LogP contribution in [0.25, 0.3) is 0 Å².